The van der Waals surface area contributed by atoms with Gasteiger partial charge in [0.25, 0.3) is 11.8 Å². The summed E-state index contributed by atoms with van der Waals surface area (Å²) in [4.78, 5) is 43.2. The monoisotopic (exact) mass is 451 g/mol. The summed E-state index contributed by atoms with van der Waals surface area (Å²) in [6, 6.07) is 12.5. The smallest absolute Gasteiger partial charge is 0.326 e. The molecule has 4 amide bonds. The second-order valence-corrected chi connectivity index (χ2v) is 8.27. The van der Waals surface area contributed by atoms with Crippen molar-refractivity contribution in [3.63, 3.8) is 0 Å². The van der Waals surface area contributed by atoms with Gasteiger partial charge in [0.05, 0.1) is 13.2 Å². The van der Waals surface area contributed by atoms with E-state index >= 15 is 0 Å². The number of rotatable bonds is 6. The quantitative estimate of drug-likeness (QED) is 0.682. The molecule has 0 aliphatic carbocycles. The number of imide groups is 1. The lowest BCUT2D eigenvalue weighted by molar-refractivity contribution is -0.143. The predicted octanol–water partition coefficient (Wildman–Crippen LogP) is 3.22. The summed E-state index contributed by atoms with van der Waals surface area (Å²) in [5.74, 6) is 0.354. The number of fused-ring (bicyclic) bond motifs is 1. The van der Waals surface area contributed by atoms with Crippen molar-refractivity contribution >= 4 is 17.8 Å². The second-order valence-electron chi connectivity index (χ2n) is 8.27. The van der Waals surface area contributed by atoms with E-state index in [-0.39, 0.29) is 5.91 Å². The maximum atomic E-state index is 13.8. The highest BCUT2D eigenvalue weighted by Crippen LogP contribution is 2.39. The first-order valence-electron chi connectivity index (χ1n) is 11.3. The molecule has 2 aromatic rings. The first-order chi connectivity index (χ1) is 15.9. The number of ether oxygens (including phenoxy) is 2. The number of carbonyl (C=O) groups is 3. The number of carbonyl (C=O) groups excluding carboxylic acids is 3. The molecule has 0 unspecified atom stereocenters. The molecule has 33 heavy (non-hydrogen) atoms. The number of hydrogen-bond acceptors (Lipinski definition) is 5. The van der Waals surface area contributed by atoms with Crippen LogP contribution in [0.15, 0.2) is 48.5 Å². The van der Waals surface area contributed by atoms with Crippen molar-refractivity contribution in [3.05, 3.63) is 59.7 Å². The van der Waals surface area contributed by atoms with Crippen molar-refractivity contribution in [2.24, 2.45) is 0 Å². The Morgan fingerprint density at radius 3 is 2.39 bits per heavy atom. The zero-order chi connectivity index (χ0) is 23.6. The molecule has 0 bridgehead atoms. The molecule has 174 valence electrons. The molecule has 1 saturated heterocycles. The number of nitrogens with zero attached hydrogens (tertiary/aromatic N) is 2. The Kier molecular flexibility index (Phi) is 6.26. The highest BCUT2D eigenvalue weighted by Gasteiger charge is 2.53. The van der Waals surface area contributed by atoms with Gasteiger partial charge in [-0.3, -0.25) is 9.59 Å². The fourth-order valence-electron chi connectivity index (χ4n) is 4.31. The van der Waals surface area contributed by atoms with Crippen molar-refractivity contribution in [3.8, 4) is 11.5 Å². The summed E-state index contributed by atoms with van der Waals surface area (Å²) in [5.41, 5.74) is -0.200. The number of nitrogens with one attached hydrogen (secondary N) is 1. The van der Waals surface area contributed by atoms with Gasteiger partial charge in [-0.2, -0.15) is 0 Å². The van der Waals surface area contributed by atoms with Crippen molar-refractivity contribution in [1.82, 2.24) is 15.1 Å². The van der Waals surface area contributed by atoms with Crippen LogP contribution >= 0.6 is 0 Å². The third-order valence-electron chi connectivity index (χ3n) is 6.23. The molecule has 0 radical (unpaired) electrons. The molecule has 4 rings (SSSR count). The Morgan fingerprint density at radius 2 is 1.73 bits per heavy atom. The molecule has 1 N–H and O–H groups in total. The largest absolute Gasteiger partial charge is 0.490 e. The van der Waals surface area contributed by atoms with Crippen molar-refractivity contribution in [2.75, 3.05) is 26.3 Å². The van der Waals surface area contributed by atoms with E-state index < -0.39 is 23.5 Å². The summed E-state index contributed by atoms with van der Waals surface area (Å²) in [7, 11) is 0. The minimum absolute atomic E-state index is 0.294. The zero-order valence-corrected chi connectivity index (χ0v) is 19.2. The fourth-order valence-corrected chi connectivity index (χ4v) is 4.31. The number of amides is 4. The van der Waals surface area contributed by atoms with Gasteiger partial charge >= 0.3 is 6.03 Å². The molecule has 1 fully saturated rings. The summed E-state index contributed by atoms with van der Waals surface area (Å²) < 4.78 is 11.5. The van der Waals surface area contributed by atoms with Crippen LogP contribution in [0.5, 0.6) is 11.5 Å². The van der Waals surface area contributed by atoms with Crippen molar-refractivity contribution in [2.45, 2.75) is 38.8 Å². The SMILES string of the molecule is CCN(CC)C(=O)[C@H](c1ccccc1)N1C(=O)N[C@](C)(c2ccc3c(c2)OCCCO3)C1=O. The van der Waals surface area contributed by atoms with Crippen LogP contribution in [0.25, 0.3) is 0 Å². The van der Waals surface area contributed by atoms with Crippen LogP contribution in [-0.4, -0.2) is 53.9 Å². The Balaban J connectivity index is 1.74. The van der Waals surface area contributed by atoms with E-state index in [1.807, 2.05) is 19.9 Å². The van der Waals surface area contributed by atoms with Gasteiger partial charge in [0.15, 0.2) is 11.5 Å². The van der Waals surface area contributed by atoms with Gasteiger partial charge < -0.3 is 19.7 Å². The molecule has 8 heteroatoms. The molecule has 2 heterocycles. The Bertz CT molecular complexity index is 1050. The van der Waals surface area contributed by atoms with Gasteiger partial charge in [0.1, 0.15) is 11.6 Å². The van der Waals surface area contributed by atoms with E-state index in [1.165, 1.54) is 0 Å². The number of hydrogen-bond donors (Lipinski definition) is 1. The molecule has 0 aromatic heterocycles. The van der Waals surface area contributed by atoms with Crippen LogP contribution in [0, 0.1) is 0 Å². The van der Waals surface area contributed by atoms with Gasteiger partial charge in [-0.15, -0.1) is 0 Å². The molecule has 0 spiro atoms. The number of urea groups is 1. The maximum absolute atomic E-state index is 13.8. The third-order valence-corrected chi connectivity index (χ3v) is 6.23. The average Bonchev–Trinajstić information content (AvgIpc) is 2.98. The van der Waals surface area contributed by atoms with E-state index in [0.717, 1.165) is 11.3 Å². The van der Waals surface area contributed by atoms with Crippen molar-refractivity contribution < 1.29 is 23.9 Å². The zero-order valence-electron chi connectivity index (χ0n) is 19.2. The van der Waals surface area contributed by atoms with Gasteiger partial charge in [0, 0.05) is 19.5 Å². The first-order valence-corrected chi connectivity index (χ1v) is 11.3. The standard InChI is InChI=1S/C25H29N3O5/c1-4-27(5-2)22(29)21(17-10-7-6-8-11-17)28-23(30)25(3,26-24(28)31)18-12-13-19-20(16-18)33-15-9-14-32-19/h6-8,10-13,16,21H,4-5,9,14-15H2,1-3H3,(H,26,31)/t21-,25+/m0/s1. The van der Waals surface area contributed by atoms with Crippen LogP contribution in [0.1, 0.15) is 44.4 Å². The molecular formula is C25H29N3O5. The average molecular weight is 452 g/mol. The maximum Gasteiger partial charge on any atom is 0.326 e. The molecule has 2 atom stereocenters. The lowest BCUT2D eigenvalue weighted by Crippen LogP contribution is -2.46. The summed E-state index contributed by atoms with van der Waals surface area (Å²) >= 11 is 0. The number of benzene rings is 2. The Labute approximate surface area is 193 Å². The van der Waals surface area contributed by atoms with Gasteiger partial charge in [-0.05, 0) is 44.0 Å². The third kappa shape index (κ3) is 4.01. The van der Waals surface area contributed by atoms with Gasteiger partial charge in [-0.25, -0.2) is 9.69 Å². The van der Waals surface area contributed by atoms with E-state index in [0.29, 0.717) is 48.9 Å². The summed E-state index contributed by atoms with van der Waals surface area (Å²) in [6.45, 7) is 7.40. The van der Waals surface area contributed by atoms with E-state index in [2.05, 4.69) is 5.32 Å². The van der Waals surface area contributed by atoms with Crippen molar-refractivity contribution in [1.29, 1.82) is 0 Å². The minimum atomic E-state index is -1.35. The summed E-state index contributed by atoms with van der Waals surface area (Å²) in [5, 5.41) is 2.82. The van der Waals surface area contributed by atoms with E-state index in [1.54, 1.807) is 54.3 Å². The molecule has 2 aliphatic rings. The van der Waals surface area contributed by atoms with Gasteiger partial charge in [-0.1, -0.05) is 36.4 Å². The van der Waals surface area contributed by atoms with Gasteiger partial charge in [0.2, 0.25) is 0 Å². The Hall–Kier alpha value is -3.55. The molecule has 2 aliphatic heterocycles. The highest BCUT2D eigenvalue weighted by molar-refractivity contribution is 6.10. The molecule has 2 aromatic carbocycles. The van der Waals surface area contributed by atoms with E-state index in [9.17, 15) is 14.4 Å². The topological polar surface area (TPSA) is 88.2 Å². The molecular weight excluding hydrogens is 422 g/mol. The fraction of sp³-hybridized carbons (Fsp3) is 0.400. The Morgan fingerprint density at radius 1 is 1.06 bits per heavy atom. The van der Waals surface area contributed by atoms with E-state index in [4.69, 9.17) is 9.47 Å². The molecule has 8 nitrogen and oxygen atoms in total. The lowest BCUT2D eigenvalue weighted by atomic mass is 9.91. The van der Waals surface area contributed by atoms with Crippen LogP contribution in [0.4, 0.5) is 4.79 Å². The second kappa shape index (κ2) is 9.13. The van der Waals surface area contributed by atoms with Crippen LogP contribution in [0.2, 0.25) is 0 Å². The normalized spacial score (nSPS) is 20.8. The number of likely N-dealkylation sites (N-methyl/N-ethyl adjacent to an activating group) is 1. The first kappa shape index (κ1) is 22.6. The minimum Gasteiger partial charge on any atom is -0.490 e. The van der Waals surface area contributed by atoms with Crippen LogP contribution in [0.3, 0.4) is 0 Å². The predicted molar refractivity (Wildman–Crippen MR) is 122 cm³/mol. The summed E-state index contributed by atoms with van der Waals surface area (Å²) in [6.07, 6.45) is 0.761. The highest BCUT2D eigenvalue weighted by atomic mass is 16.5. The lowest BCUT2D eigenvalue weighted by Gasteiger charge is -2.31. The molecule has 0 saturated carbocycles. The van der Waals surface area contributed by atoms with Crippen LogP contribution in [-0.2, 0) is 15.1 Å². The van der Waals surface area contributed by atoms with Crippen LogP contribution < -0.4 is 14.8 Å².